The van der Waals surface area contributed by atoms with E-state index in [1.165, 1.54) is 17.7 Å². The van der Waals surface area contributed by atoms with Crippen molar-refractivity contribution < 1.29 is 0 Å². The number of nitrogens with zero attached hydrogens (tertiary/aromatic N) is 1. The molecule has 0 bridgehead atoms. The summed E-state index contributed by atoms with van der Waals surface area (Å²) in [6.07, 6.45) is 3.35. The zero-order chi connectivity index (χ0) is 12.8. The molecule has 0 amide bonds. The van der Waals surface area contributed by atoms with E-state index < -0.39 is 0 Å². The van der Waals surface area contributed by atoms with Crippen LogP contribution in [0.3, 0.4) is 0 Å². The third-order valence-corrected chi connectivity index (χ3v) is 4.36. The maximum atomic E-state index is 5.79. The lowest BCUT2D eigenvalue weighted by Gasteiger charge is -2.26. The second kappa shape index (κ2) is 7.29. The molecule has 0 aliphatic rings. The van der Waals surface area contributed by atoms with Gasteiger partial charge in [0.25, 0.3) is 0 Å². The van der Waals surface area contributed by atoms with Crippen LogP contribution in [0.4, 0.5) is 5.69 Å². The summed E-state index contributed by atoms with van der Waals surface area (Å²) in [6.45, 7) is 3.22. The van der Waals surface area contributed by atoms with Crippen LogP contribution in [0.2, 0.25) is 0 Å². The number of halogens is 1. The molecule has 17 heavy (non-hydrogen) atoms. The average molecular weight is 317 g/mol. The van der Waals surface area contributed by atoms with Crippen molar-refractivity contribution in [1.29, 1.82) is 0 Å². The van der Waals surface area contributed by atoms with Crippen LogP contribution in [-0.4, -0.2) is 30.0 Å². The first kappa shape index (κ1) is 14.9. The molecule has 1 atom stereocenters. The second-order valence-electron chi connectivity index (χ2n) is 4.29. The summed E-state index contributed by atoms with van der Waals surface area (Å²) in [5.74, 6) is 1.18. The Labute approximate surface area is 117 Å². The predicted molar refractivity (Wildman–Crippen MR) is 82.5 cm³/mol. The molecule has 1 rings (SSSR count). The highest BCUT2D eigenvalue weighted by Crippen LogP contribution is 2.22. The molecule has 96 valence electrons. The van der Waals surface area contributed by atoms with E-state index in [9.17, 15) is 0 Å². The van der Waals surface area contributed by atoms with Crippen molar-refractivity contribution >= 4 is 33.4 Å². The number of anilines is 1. The van der Waals surface area contributed by atoms with E-state index in [-0.39, 0.29) is 0 Å². The lowest BCUT2D eigenvalue weighted by molar-refractivity contribution is 0.248. The number of nitrogen functional groups attached to an aromatic ring is 1. The fraction of sp³-hybridized carbons (Fsp3) is 0.538. The topological polar surface area (TPSA) is 29.3 Å². The highest BCUT2D eigenvalue weighted by atomic mass is 79.9. The van der Waals surface area contributed by atoms with E-state index in [1.54, 1.807) is 0 Å². The second-order valence-corrected chi connectivity index (χ2v) is 6.05. The lowest BCUT2D eigenvalue weighted by Crippen LogP contribution is -2.32. The SMILES string of the molecule is CCC(CSC)N(C)Cc1ccc(N)c(Br)c1. The van der Waals surface area contributed by atoms with Gasteiger partial charge in [-0.3, -0.25) is 4.90 Å². The fourth-order valence-electron chi connectivity index (χ4n) is 1.84. The Morgan fingerprint density at radius 2 is 2.18 bits per heavy atom. The maximum absolute atomic E-state index is 5.79. The lowest BCUT2D eigenvalue weighted by atomic mass is 10.1. The predicted octanol–water partition coefficient (Wildman–Crippen LogP) is 3.60. The number of nitrogens with two attached hydrogens (primary N) is 1. The van der Waals surface area contributed by atoms with Gasteiger partial charge in [-0.25, -0.2) is 0 Å². The molecule has 2 N–H and O–H groups in total. The van der Waals surface area contributed by atoms with Crippen LogP contribution < -0.4 is 5.73 Å². The van der Waals surface area contributed by atoms with E-state index in [0.717, 1.165) is 16.7 Å². The minimum Gasteiger partial charge on any atom is -0.398 e. The molecule has 1 aromatic rings. The van der Waals surface area contributed by atoms with Crippen molar-refractivity contribution in [3.8, 4) is 0 Å². The Bertz CT molecular complexity index is 357. The number of benzene rings is 1. The van der Waals surface area contributed by atoms with Crippen LogP contribution in [-0.2, 0) is 6.54 Å². The Kier molecular flexibility index (Phi) is 6.38. The molecule has 1 unspecified atom stereocenters. The van der Waals surface area contributed by atoms with Crippen molar-refractivity contribution in [1.82, 2.24) is 4.90 Å². The average Bonchev–Trinajstić information content (AvgIpc) is 2.30. The van der Waals surface area contributed by atoms with Crippen LogP contribution in [0.15, 0.2) is 22.7 Å². The van der Waals surface area contributed by atoms with Gasteiger partial charge in [0.05, 0.1) is 0 Å². The van der Waals surface area contributed by atoms with Gasteiger partial charge < -0.3 is 5.73 Å². The van der Waals surface area contributed by atoms with Crippen LogP contribution in [0.5, 0.6) is 0 Å². The molecule has 1 aromatic carbocycles. The Morgan fingerprint density at radius 3 is 2.71 bits per heavy atom. The zero-order valence-corrected chi connectivity index (χ0v) is 13.1. The maximum Gasteiger partial charge on any atom is 0.0458 e. The Hall–Kier alpha value is -0.190. The first-order chi connectivity index (χ1) is 8.08. The molecule has 0 saturated carbocycles. The van der Waals surface area contributed by atoms with Crippen LogP contribution >= 0.6 is 27.7 Å². The standard InChI is InChI=1S/C13H21BrN2S/c1-4-11(9-17-3)16(2)8-10-5-6-13(15)12(14)7-10/h5-7,11H,4,8-9,15H2,1-3H3. The van der Waals surface area contributed by atoms with E-state index >= 15 is 0 Å². The molecule has 0 aliphatic heterocycles. The van der Waals surface area contributed by atoms with Gasteiger partial charge in [-0.15, -0.1) is 0 Å². The van der Waals surface area contributed by atoms with Crippen LogP contribution in [0, 0.1) is 0 Å². The van der Waals surface area contributed by atoms with E-state index in [1.807, 2.05) is 17.8 Å². The van der Waals surface area contributed by atoms with Crippen molar-refractivity contribution in [2.24, 2.45) is 0 Å². The summed E-state index contributed by atoms with van der Waals surface area (Å²) >= 11 is 5.38. The first-order valence-corrected chi connectivity index (χ1v) is 8.00. The molecule has 0 aliphatic carbocycles. The van der Waals surface area contributed by atoms with Gasteiger partial charge in [-0.1, -0.05) is 13.0 Å². The quantitative estimate of drug-likeness (QED) is 0.813. The van der Waals surface area contributed by atoms with E-state index in [4.69, 9.17) is 5.73 Å². The first-order valence-electron chi connectivity index (χ1n) is 5.81. The fourth-order valence-corrected chi connectivity index (χ4v) is 3.14. The van der Waals surface area contributed by atoms with E-state index in [0.29, 0.717) is 6.04 Å². The molecule has 0 saturated heterocycles. The van der Waals surface area contributed by atoms with Crippen molar-refractivity contribution in [2.75, 3.05) is 24.8 Å². The molecular weight excluding hydrogens is 296 g/mol. The zero-order valence-electron chi connectivity index (χ0n) is 10.7. The van der Waals surface area contributed by atoms with E-state index in [2.05, 4.69) is 53.2 Å². The molecule has 0 spiro atoms. The van der Waals surface area contributed by atoms with Crippen molar-refractivity contribution in [3.63, 3.8) is 0 Å². The van der Waals surface area contributed by atoms with Crippen molar-refractivity contribution in [2.45, 2.75) is 25.9 Å². The summed E-state index contributed by atoms with van der Waals surface area (Å²) in [6, 6.07) is 6.81. The normalized spacial score (nSPS) is 13.0. The van der Waals surface area contributed by atoms with Gasteiger partial charge in [-0.05, 0) is 53.4 Å². The van der Waals surface area contributed by atoms with Gasteiger partial charge in [-0.2, -0.15) is 11.8 Å². The minimum absolute atomic E-state index is 0.640. The molecule has 4 heteroatoms. The smallest absolute Gasteiger partial charge is 0.0458 e. The van der Waals surface area contributed by atoms with Crippen LogP contribution in [0.25, 0.3) is 0 Å². The largest absolute Gasteiger partial charge is 0.398 e. The third-order valence-electron chi connectivity index (χ3n) is 2.95. The molecule has 0 fully saturated rings. The summed E-state index contributed by atoms with van der Waals surface area (Å²) in [5, 5.41) is 0. The minimum atomic E-state index is 0.640. The van der Waals surface area contributed by atoms with Crippen LogP contribution in [0.1, 0.15) is 18.9 Å². The number of hydrogen-bond donors (Lipinski definition) is 1. The monoisotopic (exact) mass is 316 g/mol. The molecule has 2 nitrogen and oxygen atoms in total. The summed E-state index contributed by atoms with van der Waals surface area (Å²) in [5.41, 5.74) is 7.89. The Balaban J connectivity index is 2.66. The Morgan fingerprint density at radius 1 is 1.47 bits per heavy atom. The molecule has 0 aromatic heterocycles. The van der Waals surface area contributed by atoms with Gasteiger partial charge >= 0.3 is 0 Å². The third kappa shape index (κ3) is 4.53. The van der Waals surface area contributed by atoms with Gasteiger partial charge in [0.2, 0.25) is 0 Å². The molecule has 0 radical (unpaired) electrons. The molecular formula is C13H21BrN2S. The number of thioether (sulfide) groups is 1. The van der Waals surface area contributed by atoms with Crippen molar-refractivity contribution in [3.05, 3.63) is 28.2 Å². The number of rotatable bonds is 6. The molecule has 0 heterocycles. The highest BCUT2D eigenvalue weighted by molar-refractivity contribution is 9.10. The number of hydrogen-bond acceptors (Lipinski definition) is 3. The highest BCUT2D eigenvalue weighted by Gasteiger charge is 2.12. The summed E-state index contributed by atoms with van der Waals surface area (Å²) < 4.78 is 0.987. The summed E-state index contributed by atoms with van der Waals surface area (Å²) in [7, 11) is 2.19. The van der Waals surface area contributed by atoms with Gasteiger partial charge in [0.15, 0.2) is 0 Å². The summed E-state index contributed by atoms with van der Waals surface area (Å²) in [4.78, 5) is 2.41. The van der Waals surface area contributed by atoms with Gasteiger partial charge in [0.1, 0.15) is 0 Å². The van der Waals surface area contributed by atoms with Gasteiger partial charge in [0, 0.05) is 28.5 Å².